The second-order valence-electron chi connectivity index (χ2n) is 7.47. The molecule has 1 fully saturated rings. The number of pyridine rings is 1. The van der Waals surface area contributed by atoms with Crippen molar-refractivity contribution in [3.63, 3.8) is 0 Å². The maximum atomic E-state index is 12.5. The molecule has 1 N–H and O–H groups in total. The Morgan fingerprint density at radius 1 is 1.03 bits per heavy atom. The molecule has 1 aromatic carbocycles. The lowest BCUT2D eigenvalue weighted by Crippen LogP contribution is -2.46. The molecule has 7 nitrogen and oxygen atoms in total. The molecule has 0 radical (unpaired) electrons. The predicted molar refractivity (Wildman–Crippen MR) is 115 cm³/mol. The van der Waals surface area contributed by atoms with Gasteiger partial charge in [0.15, 0.2) is 0 Å². The Hall–Kier alpha value is -3.61. The molecule has 2 heterocycles. The van der Waals surface area contributed by atoms with Crippen LogP contribution in [0.3, 0.4) is 0 Å². The van der Waals surface area contributed by atoms with Crippen LogP contribution in [0.5, 0.6) is 0 Å². The van der Waals surface area contributed by atoms with Crippen molar-refractivity contribution in [3.8, 4) is 0 Å². The molecule has 160 valence electrons. The minimum Gasteiger partial charge on any atom is -0.353 e. The average Bonchev–Trinajstić information content (AvgIpc) is 2.78. The van der Waals surface area contributed by atoms with Gasteiger partial charge >= 0.3 is 0 Å². The molecule has 0 spiro atoms. The predicted octanol–water partition coefficient (Wildman–Crippen LogP) is 2.99. The maximum absolute atomic E-state index is 12.5. The number of amides is 4. The molecule has 1 aliphatic heterocycles. The number of piperidine rings is 1. The van der Waals surface area contributed by atoms with Gasteiger partial charge < -0.3 is 5.32 Å². The Labute approximate surface area is 181 Å². The van der Waals surface area contributed by atoms with Crippen LogP contribution in [0.2, 0.25) is 0 Å². The van der Waals surface area contributed by atoms with Crippen molar-refractivity contribution in [2.24, 2.45) is 5.92 Å². The van der Waals surface area contributed by atoms with Crippen molar-refractivity contribution in [2.45, 2.75) is 32.1 Å². The van der Waals surface area contributed by atoms with Gasteiger partial charge in [-0.1, -0.05) is 30.7 Å². The zero-order valence-corrected chi connectivity index (χ0v) is 17.2. The molecule has 1 saturated heterocycles. The molecule has 2 aromatic rings. The number of nitrogens with one attached hydrogen (secondary N) is 1. The summed E-state index contributed by atoms with van der Waals surface area (Å²) >= 11 is 0. The van der Waals surface area contributed by atoms with Crippen LogP contribution >= 0.6 is 0 Å². The van der Waals surface area contributed by atoms with Gasteiger partial charge in [-0.05, 0) is 48.6 Å². The highest BCUT2D eigenvalue weighted by Crippen LogP contribution is 2.25. The summed E-state index contributed by atoms with van der Waals surface area (Å²) in [5.41, 5.74) is 1.18. The van der Waals surface area contributed by atoms with E-state index >= 15 is 0 Å². The number of benzene rings is 1. The summed E-state index contributed by atoms with van der Waals surface area (Å²) in [6.07, 6.45) is 9.11. The standard InChI is InChI=1S/C24H25N3O4/c28-21(12-11-18-8-6-13-25-17-18)26-14-5-4-7-19-15-22(29)27(23(30)16-19)24(31)20-9-2-1-3-10-20/h1-3,6,8-13,17,19H,4-5,7,14-16H2,(H,26,28). The zero-order chi connectivity index (χ0) is 22.1. The van der Waals surface area contributed by atoms with Gasteiger partial charge in [0.25, 0.3) is 5.91 Å². The molecule has 4 amide bonds. The van der Waals surface area contributed by atoms with Crippen LogP contribution in [-0.2, 0) is 14.4 Å². The minimum absolute atomic E-state index is 0.0685. The fraction of sp³-hybridized carbons (Fsp3) is 0.292. The van der Waals surface area contributed by atoms with Gasteiger partial charge in [-0.3, -0.25) is 24.2 Å². The fourth-order valence-electron chi connectivity index (χ4n) is 3.50. The zero-order valence-electron chi connectivity index (χ0n) is 17.2. The number of rotatable bonds is 8. The highest BCUT2D eigenvalue weighted by atomic mass is 16.2. The van der Waals surface area contributed by atoms with Crippen molar-refractivity contribution in [1.82, 2.24) is 15.2 Å². The summed E-state index contributed by atoms with van der Waals surface area (Å²) < 4.78 is 0. The van der Waals surface area contributed by atoms with E-state index in [4.69, 9.17) is 0 Å². The lowest BCUT2D eigenvalue weighted by atomic mass is 9.90. The summed E-state index contributed by atoms with van der Waals surface area (Å²) in [6.45, 7) is 0.517. The molecule has 31 heavy (non-hydrogen) atoms. The summed E-state index contributed by atoms with van der Waals surface area (Å²) in [5, 5.41) is 2.82. The number of likely N-dealkylation sites (tertiary alicyclic amines) is 1. The molecular formula is C24H25N3O4. The minimum atomic E-state index is -0.559. The molecule has 0 bridgehead atoms. The normalized spacial score (nSPS) is 14.8. The average molecular weight is 419 g/mol. The van der Waals surface area contributed by atoms with Gasteiger partial charge in [0.05, 0.1) is 0 Å². The number of nitrogens with zero attached hydrogens (tertiary/aromatic N) is 2. The third kappa shape index (κ3) is 6.44. The van der Waals surface area contributed by atoms with Gasteiger partial charge in [-0.15, -0.1) is 0 Å². The second kappa shape index (κ2) is 11.0. The molecular weight excluding hydrogens is 394 g/mol. The Kier molecular flexibility index (Phi) is 7.81. The molecule has 0 atom stereocenters. The smallest absolute Gasteiger partial charge is 0.267 e. The third-order valence-corrected chi connectivity index (χ3v) is 5.10. The molecule has 0 aliphatic carbocycles. The lowest BCUT2D eigenvalue weighted by Gasteiger charge is -2.28. The summed E-state index contributed by atoms with van der Waals surface area (Å²) in [4.78, 5) is 53.9. The SMILES string of the molecule is O=C(C=Cc1cccnc1)NCCCCC1CC(=O)N(C(=O)c2ccccc2)C(=O)C1. The highest BCUT2D eigenvalue weighted by molar-refractivity contribution is 6.17. The summed E-state index contributed by atoms with van der Waals surface area (Å²) in [7, 11) is 0. The number of hydrogen-bond acceptors (Lipinski definition) is 5. The van der Waals surface area contributed by atoms with Gasteiger partial charge in [0.2, 0.25) is 17.7 Å². The monoisotopic (exact) mass is 419 g/mol. The fourth-order valence-corrected chi connectivity index (χ4v) is 3.50. The van der Waals surface area contributed by atoms with Crippen molar-refractivity contribution >= 4 is 29.7 Å². The van der Waals surface area contributed by atoms with E-state index in [0.29, 0.717) is 18.5 Å². The van der Waals surface area contributed by atoms with Gasteiger partial charge in [0.1, 0.15) is 0 Å². The van der Waals surface area contributed by atoms with E-state index in [1.54, 1.807) is 54.9 Å². The maximum Gasteiger partial charge on any atom is 0.267 e. The van der Waals surface area contributed by atoms with E-state index < -0.39 is 17.7 Å². The molecule has 1 aromatic heterocycles. The Morgan fingerprint density at radius 3 is 2.45 bits per heavy atom. The Balaban J connectivity index is 1.37. The van der Waals surface area contributed by atoms with Crippen molar-refractivity contribution in [2.75, 3.05) is 6.54 Å². The van der Waals surface area contributed by atoms with E-state index in [1.165, 1.54) is 6.08 Å². The highest BCUT2D eigenvalue weighted by Gasteiger charge is 2.36. The summed E-state index contributed by atoms with van der Waals surface area (Å²) in [5.74, 6) is -1.69. The van der Waals surface area contributed by atoms with Crippen LogP contribution in [0.15, 0.2) is 60.9 Å². The van der Waals surface area contributed by atoms with E-state index in [1.807, 2.05) is 6.07 Å². The topological polar surface area (TPSA) is 96.4 Å². The summed E-state index contributed by atoms with van der Waals surface area (Å²) in [6, 6.07) is 12.0. The molecule has 7 heteroatoms. The first kappa shape index (κ1) is 22.1. The lowest BCUT2D eigenvalue weighted by molar-refractivity contribution is -0.146. The first-order chi connectivity index (χ1) is 15.0. The van der Waals surface area contributed by atoms with Crippen molar-refractivity contribution < 1.29 is 19.2 Å². The van der Waals surface area contributed by atoms with Crippen LogP contribution in [0, 0.1) is 5.92 Å². The quantitative estimate of drug-likeness (QED) is 0.403. The van der Waals surface area contributed by atoms with E-state index in [2.05, 4.69) is 10.3 Å². The van der Waals surface area contributed by atoms with Crippen molar-refractivity contribution in [3.05, 3.63) is 72.1 Å². The number of unbranched alkanes of at least 4 members (excludes halogenated alkanes) is 1. The Bertz CT molecular complexity index is 939. The van der Waals surface area contributed by atoms with Crippen molar-refractivity contribution in [1.29, 1.82) is 0 Å². The molecule has 0 saturated carbocycles. The molecule has 3 rings (SSSR count). The Morgan fingerprint density at radius 2 is 1.77 bits per heavy atom. The number of imide groups is 3. The first-order valence-electron chi connectivity index (χ1n) is 10.4. The van der Waals surface area contributed by atoms with Crippen LogP contribution in [0.1, 0.15) is 48.0 Å². The number of aromatic nitrogens is 1. The number of hydrogen-bond donors (Lipinski definition) is 1. The van der Waals surface area contributed by atoms with E-state index in [0.717, 1.165) is 23.3 Å². The van der Waals surface area contributed by atoms with Gasteiger partial charge in [0, 0.05) is 43.4 Å². The van der Waals surface area contributed by atoms with Crippen LogP contribution in [-0.4, -0.2) is 40.1 Å². The van der Waals surface area contributed by atoms with Crippen LogP contribution in [0.25, 0.3) is 6.08 Å². The van der Waals surface area contributed by atoms with E-state index in [9.17, 15) is 19.2 Å². The van der Waals surface area contributed by atoms with Crippen LogP contribution in [0.4, 0.5) is 0 Å². The van der Waals surface area contributed by atoms with Gasteiger partial charge in [-0.2, -0.15) is 0 Å². The van der Waals surface area contributed by atoms with Crippen LogP contribution < -0.4 is 5.32 Å². The number of carbonyl (C=O) groups excluding carboxylic acids is 4. The second-order valence-corrected chi connectivity index (χ2v) is 7.47. The van der Waals surface area contributed by atoms with Gasteiger partial charge in [-0.25, -0.2) is 4.90 Å². The number of carbonyl (C=O) groups is 4. The first-order valence-corrected chi connectivity index (χ1v) is 10.4. The molecule has 1 aliphatic rings. The molecule has 0 unspecified atom stereocenters. The third-order valence-electron chi connectivity index (χ3n) is 5.10. The largest absolute Gasteiger partial charge is 0.353 e. The van der Waals surface area contributed by atoms with E-state index in [-0.39, 0.29) is 24.7 Å².